The Morgan fingerprint density at radius 2 is 1.71 bits per heavy atom. The third kappa shape index (κ3) is 8.34. The number of benzene rings is 3. The average Bonchev–Trinajstić information content (AvgIpc) is 3.49. The van der Waals surface area contributed by atoms with E-state index in [1.54, 1.807) is 54.6 Å². The molecule has 0 saturated heterocycles. The molecule has 212 valence electrons. The summed E-state index contributed by atoms with van der Waals surface area (Å²) in [4.78, 5) is 24.7. The van der Waals surface area contributed by atoms with Gasteiger partial charge in [0.05, 0.1) is 34.6 Å². The minimum Gasteiger partial charge on any atom is -0.484 e. The van der Waals surface area contributed by atoms with Crippen molar-refractivity contribution in [2.24, 2.45) is 5.10 Å². The largest absolute Gasteiger partial charge is 0.484 e. The molecule has 3 aromatic carbocycles. The van der Waals surface area contributed by atoms with Crippen LogP contribution in [0.4, 0.5) is 5.69 Å². The van der Waals surface area contributed by atoms with Gasteiger partial charge >= 0.3 is 0 Å². The number of hydrogen-bond donors (Lipinski definition) is 2. The monoisotopic (exact) mass is 614 g/mol. The van der Waals surface area contributed by atoms with Crippen molar-refractivity contribution in [3.8, 4) is 5.75 Å². The summed E-state index contributed by atoms with van der Waals surface area (Å²) >= 11 is 12.3. The highest BCUT2D eigenvalue weighted by molar-refractivity contribution is 7.92. The van der Waals surface area contributed by atoms with Crippen LogP contribution in [0.25, 0.3) is 0 Å². The second kappa shape index (κ2) is 13.8. The molecule has 0 unspecified atom stereocenters. The van der Waals surface area contributed by atoms with Gasteiger partial charge in [0.2, 0.25) is 0 Å². The van der Waals surface area contributed by atoms with E-state index in [9.17, 15) is 18.0 Å². The molecule has 1 aromatic heterocycles. The minimum absolute atomic E-state index is 0.0142. The maximum Gasteiger partial charge on any atom is 0.264 e. The Kier molecular flexibility index (Phi) is 10.0. The fraction of sp³-hybridized carbons (Fsp3) is 0.107. The summed E-state index contributed by atoms with van der Waals surface area (Å²) in [5.41, 5.74) is 3.04. The van der Waals surface area contributed by atoms with E-state index in [-0.39, 0.29) is 34.7 Å². The van der Waals surface area contributed by atoms with Crippen molar-refractivity contribution in [3.05, 3.63) is 113 Å². The van der Waals surface area contributed by atoms with Crippen LogP contribution in [0, 0.1) is 0 Å². The number of furan rings is 1. The predicted molar refractivity (Wildman–Crippen MR) is 156 cm³/mol. The Balaban J connectivity index is 1.35. The molecule has 0 radical (unpaired) electrons. The molecule has 2 amide bonds. The van der Waals surface area contributed by atoms with Gasteiger partial charge in [-0.25, -0.2) is 13.8 Å². The van der Waals surface area contributed by atoms with Crippen LogP contribution in [0.5, 0.6) is 5.75 Å². The van der Waals surface area contributed by atoms with Crippen molar-refractivity contribution < 1.29 is 27.2 Å². The number of ether oxygens (including phenoxy) is 1. The number of rotatable bonds is 12. The van der Waals surface area contributed by atoms with Gasteiger partial charge in [-0.2, -0.15) is 5.10 Å². The zero-order chi connectivity index (χ0) is 29.2. The summed E-state index contributed by atoms with van der Waals surface area (Å²) in [5.74, 6) is 0.0829. The van der Waals surface area contributed by atoms with E-state index < -0.39 is 22.5 Å². The van der Waals surface area contributed by atoms with Crippen LogP contribution >= 0.6 is 23.2 Å². The molecule has 0 spiro atoms. The number of nitrogens with zero attached hydrogens (tertiary/aromatic N) is 2. The molecule has 13 heteroatoms. The van der Waals surface area contributed by atoms with Gasteiger partial charge in [0.15, 0.2) is 6.61 Å². The summed E-state index contributed by atoms with van der Waals surface area (Å²) in [5, 5.41) is 6.97. The standard InChI is InChI=1S/C28H24Cl2N4O6S/c29-21-10-13-26(25(30)15-21)34(41(37,38)24-6-2-1-3-7-24)18-27(35)33-32-16-20-8-11-22(12-9-20)40-19-28(36)31-17-23-5-4-14-39-23/h1-16H,17-19H2,(H,31,36)(H,33,35)/b32-16-. The minimum atomic E-state index is -4.15. The molecule has 0 aliphatic carbocycles. The van der Waals surface area contributed by atoms with Crippen molar-refractivity contribution in [3.63, 3.8) is 0 Å². The molecule has 10 nitrogen and oxygen atoms in total. The number of amides is 2. The van der Waals surface area contributed by atoms with Gasteiger partial charge in [0.1, 0.15) is 18.1 Å². The van der Waals surface area contributed by atoms with Gasteiger partial charge in [-0.05, 0) is 72.3 Å². The van der Waals surface area contributed by atoms with Gasteiger partial charge in [-0.15, -0.1) is 0 Å². The quantitative estimate of drug-likeness (QED) is 0.177. The average molecular weight is 615 g/mol. The normalized spacial score (nSPS) is 11.3. The Morgan fingerprint density at radius 1 is 0.951 bits per heavy atom. The van der Waals surface area contributed by atoms with Crippen molar-refractivity contribution in [1.29, 1.82) is 0 Å². The van der Waals surface area contributed by atoms with Crippen molar-refractivity contribution in [2.45, 2.75) is 11.4 Å². The van der Waals surface area contributed by atoms with Crippen LogP contribution < -0.4 is 19.8 Å². The van der Waals surface area contributed by atoms with E-state index in [0.717, 1.165) is 4.31 Å². The van der Waals surface area contributed by atoms with Gasteiger partial charge in [-0.1, -0.05) is 41.4 Å². The van der Waals surface area contributed by atoms with Crippen LogP contribution in [0.15, 0.2) is 106 Å². The molecular formula is C28H24Cl2N4O6S. The van der Waals surface area contributed by atoms with Crippen molar-refractivity contribution in [1.82, 2.24) is 10.7 Å². The Hall–Kier alpha value is -4.32. The zero-order valence-corrected chi connectivity index (χ0v) is 23.7. The van der Waals surface area contributed by atoms with Crippen molar-refractivity contribution in [2.75, 3.05) is 17.5 Å². The maximum atomic E-state index is 13.4. The summed E-state index contributed by atoms with van der Waals surface area (Å²) in [6.45, 7) is -0.506. The van der Waals surface area contributed by atoms with Crippen LogP contribution in [-0.2, 0) is 26.2 Å². The second-order valence-electron chi connectivity index (χ2n) is 8.43. The molecule has 0 fully saturated rings. The summed E-state index contributed by atoms with van der Waals surface area (Å²) < 4.78 is 38.3. The maximum absolute atomic E-state index is 13.4. The second-order valence-corrected chi connectivity index (χ2v) is 11.1. The molecule has 4 aromatic rings. The van der Waals surface area contributed by atoms with Gasteiger partial charge < -0.3 is 14.5 Å². The molecule has 0 aliphatic heterocycles. The van der Waals surface area contributed by atoms with Crippen LogP contribution in [0.3, 0.4) is 0 Å². The zero-order valence-electron chi connectivity index (χ0n) is 21.4. The highest BCUT2D eigenvalue weighted by atomic mass is 35.5. The lowest BCUT2D eigenvalue weighted by atomic mass is 10.2. The third-order valence-corrected chi connectivity index (χ3v) is 7.80. The van der Waals surface area contributed by atoms with E-state index in [1.165, 1.54) is 42.8 Å². The lowest BCUT2D eigenvalue weighted by molar-refractivity contribution is -0.123. The molecule has 0 saturated carbocycles. The van der Waals surface area contributed by atoms with Crippen LogP contribution in [-0.4, -0.2) is 39.6 Å². The fourth-order valence-electron chi connectivity index (χ4n) is 3.50. The number of hydrogen-bond acceptors (Lipinski definition) is 7. The van der Waals surface area contributed by atoms with E-state index in [4.69, 9.17) is 32.4 Å². The summed E-state index contributed by atoms with van der Waals surface area (Å²) in [7, 11) is -4.15. The van der Waals surface area contributed by atoms with E-state index in [0.29, 0.717) is 22.1 Å². The fourth-order valence-corrected chi connectivity index (χ4v) is 5.52. The SMILES string of the molecule is O=C(COc1ccc(/C=N\NC(=O)CN(c2ccc(Cl)cc2Cl)S(=O)(=O)c2ccccc2)cc1)NCc1ccco1. The molecule has 0 aliphatic rings. The highest BCUT2D eigenvalue weighted by Crippen LogP contribution is 2.32. The Morgan fingerprint density at radius 3 is 2.39 bits per heavy atom. The first kappa shape index (κ1) is 29.7. The smallest absolute Gasteiger partial charge is 0.264 e. The molecule has 1 heterocycles. The van der Waals surface area contributed by atoms with Crippen molar-refractivity contribution >= 4 is 56.9 Å². The van der Waals surface area contributed by atoms with Gasteiger partial charge in [-0.3, -0.25) is 13.9 Å². The van der Waals surface area contributed by atoms with E-state index in [2.05, 4.69) is 15.8 Å². The van der Waals surface area contributed by atoms with Gasteiger partial charge in [0, 0.05) is 5.02 Å². The van der Waals surface area contributed by atoms with E-state index >= 15 is 0 Å². The van der Waals surface area contributed by atoms with Crippen LogP contribution in [0.2, 0.25) is 10.0 Å². The lowest BCUT2D eigenvalue weighted by Crippen LogP contribution is -2.39. The Bertz CT molecular complexity index is 1610. The number of hydrazone groups is 1. The summed E-state index contributed by atoms with van der Waals surface area (Å²) in [6, 6.07) is 22.1. The molecular weight excluding hydrogens is 591 g/mol. The number of anilines is 1. The highest BCUT2D eigenvalue weighted by Gasteiger charge is 2.28. The number of sulfonamides is 1. The first-order chi connectivity index (χ1) is 19.7. The third-order valence-electron chi connectivity index (χ3n) is 5.49. The molecule has 0 atom stereocenters. The van der Waals surface area contributed by atoms with Gasteiger partial charge in [0.25, 0.3) is 21.8 Å². The molecule has 41 heavy (non-hydrogen) atoms. The van der Waals surface area contributed by atoms with E-state index in [1.807, 2.05) is 0 Å². The number of nitrogens with one attached hydrogen (secondary N) is 2. The Labute approximate surface area is 246 Å². The first-order valence-electron chi connectivity index (χ1n) is 12.1. The predicted octanol–water partition coefficient (Wildman–Crippen LogP) is 4.63. The first-order valence-corrected chi connectivity index (χ1v) is 14.3. The lowest BCUT2D eigenvalue weighted by Gasteiger charge is -2.24. The van der Waals surface area contributed by atoms with Crippen LogP contribution in [0.1, 0.15) is 11.3 Å². The molecule has 2 N–H and O–H groups in total. The number of halogens is 2. The molecule has 0 bridgehead atoms. The number of carbonyl (C=O) groups excluding carboxylic acids is 2. The summed E-state index contributed by atoms with van der Waals surface area (Å²) in [6.07, 6.45) is 2.90. The molecule has 4 rings (SSSR count). The topological polar surface area (TPSA) is 130 Å². The number of carbonyl (C=O) groups is 2.